The second-order valence-electron chi connectivity index (χ2n) is 6.22. The predicted octanol–water partition coefficient (Wildman–Crippen LogP) is 1.71. The molecule has 2 rings (SSSR count). The fourth-order valence-electron chi connectivity index (χ4n) is 2.30. The third kappa shape index (κ3) is 5.28. The van der Waals surface area contributed by atoms with Gasteiger partial charge in [-0.1, -0.05) is 12.1 Å². The molecule has 0 atom stereocenters. The van der Waals surface area contributed by atoms with Gasteiger partial charge in [-0.25, -0.2) is 4.98 Å². The fourth-order valence-corrected chi connectivity index (χ4v) is 3.32. The van der Waals surface area contributed by atoms with Crippen molar-refractivity contribution < 1.29 is 9.59 Å². The molecular formula is C17H24N4O2S. The molecule has 0 aliphatic rings. The summed E-state index contributed by atoms with van der Waals surface area (Å²) in [7, 11) is 3.53. The highest BCUT2D eigenvalue weighted by molar-refractivity contribution is 7.18. The van der Waals surface area contributed by atoms with E-state index in [4.69, 9.17) is 0 Å². The summed E-state index contributed by atoms with van der Waals surface area (Å²) in [5.74, 6) is -0.108. The Morgan fingerprint density at radius 3 is 2.58 bits per heavy atom. The molecule has 1 heterocycles. The molecule has 0 aliphatic heterocycles. The van der Waals surface area contributed by atoms with Gasteiger partial charge in [-0.3, -0.25) is 14.5 Å². The zero-order valence-corrected chi connectivity index (χ0v) is 15.4. The topological polar surface area (TPSA) is 65.5 Å². The molecule has 6 nitrogen and oxygen atoms in total. The molecule has 1 aromatic heterocycles. The van der Waals surface area contributed by atoms with Gasteiger partial charge in [0.2, 0.25) is 11.8 Å². The van der Waals surface area contributed by atoms with Gasteiger partial charge >= 0.3 is 0 Å². The van der Waals surface area contributed by atoms with Gasteiger partial charge in [0.1, 0.15) is 5.01 Å². The van der Waals surface area contributed by atoms with Crippen molar-refractivity contribution in [1.29, 1.82) is 0 Å². The molecule has 2 aromatic rings. The SMILES string of the molecule is CC(C)NC(=O)CN(C)CC(=O)N(C)Cc1nc2ccccc2s1. The average Bonchev–Trinajstić information content (AvgIpc) is 2.87. The molecular weight excluding hydrogens is 324 g/mol. The highest BCUT2D eigenvalue weighted by Gasteiger charge is 2.16. The first kappa shape index (κ1) is 18.4. The third-order valence-corrected chi connectivity index (χ3v) is 4.43. The van der Waals surface area contributed by atoms with Gasteiger partial charge in [-0.05, 0) is 33.0 Å². The normalized spacial score (nSPS) is 11.2. The Balaban J connectivity index is 1.86. The van der Waals surface area contributed by atoms with Crippen molar-refractivity contribution in [3.8, 4) is 0 Å². The van der Waals surface area contributed by atoms with Gasteiger partial charge < -0.3 is 10.2 Å². The van der Waals surface area contributed by atoms with Gasteiger partial charge in [-0.15, -0.1) is 11.3 Å². The van der Waals surface area contributed by atoms with Crippen LogP contribution in [0.25, 0.3) is 10.2 Å². The van der Waals surface area contributed by atoms with Crippen molar-refractivity contribution in [2.75, 3.05) is 27.2 Å². The van der Waals surface area contributed by atoms with E-state index < -0.39 is 0 Å². The highest BCUT2D eigenvalue weighted by atomic mass is 32.1. The van der Waals surface area contributed by atoms with Crippen LogP contribution in [0.15, 0.2) is 24.3 Å². The minimum atomic E-state index is -0.0749. The molecule has 0 radical (unpaired) electrons. The molecule has 0 spiro atoms. The monoisotopic (exact) mass is 348 g/mol. The first-order valence-corrected chi connectivity index (χ1v) is 8.73. The largest absolute Gasteiger partial charge is 0.353 e. The zero-order valence-electron chi connectivity index (χ0n) is 14.6. The molecule has 1 aromatic carbocycles. The number of para-hydroxylation sites is 1. The molecule has 2 amide bonds. The van der Waals surface area contributed by atoms with Crippen molar-refractivity contribution in [3.05, 3.63) is 29.3 Å². The van der Waals surface area contributed by atoms with Crippen molar-refractivity contribution in [1.82, 2.24) is 20.1 Å². The summed E-state index contributed by atoms with van der Waals surface area (Å²) in [5, 5.41) is 3.73. The lowest BCUT2D eigenvalue weighted by atomic mass is 10.3. The van der Waals surface area contributed by atoms with Gasteiger partial charge in [0.05, 0.1) is 29.9 Å². The minimum Gasteiger partial charge on any atom is -0.353 e. The Morgan fingerprint density at radius 2 is 1.92 bits per heavy atom. The molecule has 24 heavy (non-hydrogen) atoms. The van der Waals surface area contributed by atoms with Crippen LogP contribution in [-0.2, 0) is 16.1 Å². The maximum Gasteiger partial charge on any atom is 0.236 e. The molecule has 0 aliphatic carbocycles. The Bertz CT molecular complexity index is 680. The fraction of sp³-hybridized carbons (Fsp3) is 0.471. The number of likely N-dealkylation sites (N-methyl/N-ethyl adjacent to an activating group) is 2. The van der Waals surface area contributed by atoms with Crippen molar-refractivity contribution in [3.63, 3.8) is 0 Å². The van der Waals surface area contributed by atoms with Gasteiger partial charge in [0, 0.05) is 13.1 Å². The van der Waals surface area contributed by atoms with Gasteiger partial charge in [0.15, 0.2) is 0 Å². The van der Waals surface area contributed by atoms with Crippen LogP contribution in [-0.4, -0.2) is 59.8 Å². The number of amides is 2. The number of carbonyl (C=O) groups excluding carboxylic acids is 2. The van der Waals surface area contributed by atoms with Crippen LogP contribution < -0.4 is 5.32 Å². The molecule has 130 valence electrons. The number of thiazole rings is 1. The Hall–Kier alpha value is -1.99. The van der Waals surface area contributed by atoms with E-state index in [0.717, 1.165) is 15.2 Å². The summed E-state index contributed by atoms with van der Waals surface area (Å²) in [6.07, 6.45) is 0. The van der Waals surface area contributed by atoms with Crippen LogP contribution in [0.4, 0.5) is 0 Å². The summed E-state index contributed by atoms with van der Waals surface area (Å²) < 4.78 is 1.12. The third-order valence-electron chi connectivity index (χ3n) is 3.40. The van der Waals surface area contributed by atoms with Crippen LogP contribution in [0.2, 0.25) is 0 Å². The van der Waals surface area contributed by atoms with E-state index in [1.54, 1.807) is 35.2 Å². The summed E-state index contributed by atoms with van der Waals surface area (Å²) in [5.41, 5.74) is 0.959. The van der Waals surface area contributed by atoms with Crippen LogP contribution >= 0.6 is 11.3 Å². The molecule has 0 unspecified atom stereocenters. The average molecular weight is 348 g/mol. The van der Waals surface area contributed by atoms with E-state index >= 15 is 0 Å². The van der Waals surface area contributed by atoms with E-state index in [-0.39, 0.29) is 30.9 Å². The summed E-state index contributed by atoms with van der Waals surface area (Å²) in [6, 6.07) is 8.04. The number of benzene rings is 1. The second kappa shape index (κ2) is 8.21. The first-order valence-electron chi connectivity index (χ1n) is 7.91. The summed E-state index contributed by atoms with van der Waals surface area (Å²) in [6.45, 7) is 4.71. The number of nitrogens with one attached hydrogen (secondary N) is 1. The summed E-state index contributed by atoms with van der Waals surface area (Å²) in [4.78, 5) is 31.9. The van der Waals surface area contributed by atoms with Gasteiger partial charge in [0.25, 0.3) is 0 Å². The highest BCUT2D eigenvalue weighted by Crippen LogP contribution is 2.22. The standard InChI is InChI=1S/C17H24N4O2S/c1-12(2)18-15(22)9-20(3)11-17(23)21(4)10-16-19-13-7-5-6-8-14(13)24-16/h5-8,12H,9-11H2,1-4H3,(H,18,22). The van der Waals surface area contributed by atoms with Crippen LogP contribution in [0.3, 0.4) is 0 Å². The Kier molecular flexibility index (Phi) is 6.28. The molecule has 0 fully saturated rings. The molecule has 0 bridgehead atoms. The van der Waals surface area contributed by atoms with Crippen LogP contribution in [0.1, 0.15) is 18.9 Å². The number of nitrogens with zero attached hydrogens (tertiary/aromatic N) is 3. The second-order valence-corrected chi connectivity index (χ2v) is 7.33. The number of rotatable bonds is 7. The predicted molar refractivity (Wildman–Crippen MR) is 96.9 cm³/mol. The van der Waals surface area contributed by atoms with E-state index in [2.05, 4.69) is 10.3 Å². The van der Waals surface area contributed by atoms with Crippen LogP contribution in [0.5, 0.6) is 0 Å². The van der Waals surface area contributed by atoms with Crippen molar-refractivity contribution in [2.45, 2.75) is 26.4 Å². The maximum absolute atomic E-state index is 12.3. The van der Waals surface area contributed by atoms with E-state index in [0.29, 0.717) is 6.54 Å². The lowest BCUT2D eigenvalue weighted by molar-refractivity contribution is -0.132. The maximum atomic E-state index is 12.3. The lowest BCUT2D eigenvalue weighted by Crippen LogP contribution is -2.42. The number of aromatic nitrogens is 1. The quantitative estimate of drug-likeness (QED) is 0.827. The zero-order chi connectivity index (χ0) is 17.7. The molecule has 0 saturated heterocycles. The molecule has 1 N–H and O–H groups in total. The number of fused-ring (bicyclic) bond motifs is 1. The first-order chi connectivity index (χ1) is 11.3. The smallest absolute Gasteiger partial charge is 0.236 e. The van der Waals surface area contributed by atoms with Gasteiger partial charge in [-0.2, -0.15) is 0 Å². The number of hydrogen-bond acceptors (Lipinski definition) is 5. The summed E-state index contributed by atoms with van der Waals surface area (Å²) >= 11 is 1.60. The minimum absolute atomic E-state index is 0.0332. The number of hydrogen-bond donors (Lipinski definition) is 1. The van der Waals surface area contributed by atoms with E-state index in [1.807, 2.05) is 38.1 Å². The van der Waals surface area contributed by atoms with Crippen LogP contribution in [0, 0.1) is 0 Å². The lowest BCUT2D eigenvalue weighted by Gasteiger charge is -2.21. The van der Waals surface area contributed by atoms with Crippen molar-refractivity contribution in [2.24, 2.45) is 0 Å². The molecule has 7 heteroatoms. The Morgan fingerprint density at radius 1 is 1.21 bits per heavy atom. The van der Waals surface area contributed by atoms with E-state index in [9.17, 15) is 9.59 Å². The van der Waals surface area contributed by atoms with Crippen molar-refractivity contribution >= 4 is 33.4 Å². The molecule has 0 saturated carbocycles. The number of carbonyl (C=O) groups is 2. The van der Waals surface area contributed by atoms with E-state index in [1.165, 1.54) is 0 Å². The Labute approximate surface area is 146 Å².